The summed E-state index contributed by atoms with van der Waals surface area (Å²) in [4.78, 5) is 27.7. The molecule has 0 saturated heterocycles. The standard InChI is InChI=1S/C24H23FN2O3/c1-15-9-10-17(14-21(15)26-23(28)19-6-3-4-7-20(19)25)24(29)27(18-11-12-18)16(2)22-8-5-13-30-22/h3-10,13-14,16,18H,11-12H2,1-2H3,(H,26,28). The smallest absolute Gasteiger partial charge is 0.258 e. The van der Waals surface area contributed by atoms with Gasteiger partial charge in [0.2, 0.25) is 0 Å². The summed E-state index contributed by atoms with van der Waals surface area (Å²) in [7, 11) is 0. The van der Waals surface area contributed by atoms with Gasteiger partial charge < -0.3 is 14.6 Å². The zero-order valence-corrected chi connectivity index (χ0v) is 16.9. The molecule has 2 amide bonds. The summed E-state index contributed by atoms with van der Waals surface area (Å²) < 4.78 is 19.5. The van der Waals surface area contributed by atoms with Crippen LogP contribution in [0.15, 0.2) is 65.3 Å². The van der Waals surface area contributed by atoms with E-state index in [2.05, 4.69) is 5.32 Å². The second kappa shape index (κ2) is 8.14. The van der Waals surface area contributed by atoms with E-state index in [1.54, 1.807) is 30.5 Å². The van der Waals surface area contributed by atoms with Crippen LogP contribution in [-0.2, 0) is 0 Å². The molecule has 0 bridgehead atoms. The molecular formula is C24H23FN2O3. The van der Waals surface area contributed by atoms with Crippen molar-refractivity contribution in [1.29, 1.82) is 0 Å². The third kappa shape index (κ3) is 3.99. The Bertz CT molecular complexity index is 1070. The minimum Gasteiger partial charge on any atom is -0.467 e. The molecule has 1 N–H and O–H groups in total. The predicted molar refractivity (Wildman–Crippen MR) is 112 cm³/mol. The molecule has 4 rings (SSSR count). The second-order valence-corrected chi connectivity index (χ2v) is 7.60. The van der Waals surface area contributed by atoms with E-state index >= 15 is 0 Å². The molecule has 1 heterocycles. The number of benzene rings is 2. The Labute approximate surface area is 174 Å². The number of hydrogen-bond acceptors (Lipinski definition) is 3. The van der Waals surface area contributed by atoms with E-state index < -0.39 is 11.7 Å². The number of rotatable bonds is 6. The number of nitrogens with one attached hydrogen (secondary N) is 1. The van der Waals surface area contributed by atoms with Crippen LogP contribution < -0.4 is 5.32 Å². The molecule has 5 nitrogen and oxygen atoms in total. The maximum Gasteiger partial charge on any atom is 0.258 e. The first-order valence-corrected chi connectivity index (χ1v) is 9.98. The van der Waals surface area contributed by atoms with Gasteiger partial charge in [-0.25, -0.2) is 4.39 Å². The van der Waals surface area contributed by atoms with Gasteiger partial charge in [0.25, 0.3) is 11.8 Å². The normalized spacial score (nSPS) is 14.2. The van der Waals surface area contributed by atoms with Gasteiger partial charge in [-0.05, 0) is 68.7 Å². The number of furan rings is 1. The summed E-state index contributed by atoms with van der Waals surface area (Å²) in [6.07, 6.45) is 3.52. The van der Waals surface area contributed by atoms with E-state index in [1.165, 1.54) is 18.2 Å². The van der Waals surface area contributed by atoms with Crippen molar-refractivity contribution < 1.29 is 18.4 Å². The molecule has 0 spiro atoms. The molecule has 1 aliphatic carbocycles. The van der Waals surface area contributed by atoms with Gasteiger partial charge in [0, 0.05) is 17.3 Å². The highest BCUT2D eigenvalue weighted by molar-refractivity contribution is 6.05. The first-order chi connectivity index (χ1) is 14.5. The Morgan fingerprint density at radius 1 is 1.13 bits per heavy atom. The van der Waals surface area contributed by atoms with E-state index in [1.807, 2.05) is 30.9 Å². The van der Waals surface area contributed by atoms with Crippen molar-refractivity contribution in [3.63, 3.8) is 0 Å². The lowest BCUT2D eigenvalue weighted by Crippen LogP contribution is -2.35. The van der Waals surface area contributed by atoms with Crippen LogP contribution >= 0.6 is 0 Å². The average molecular weight is 406 g/mol. The first kappa shape index (κ1) is 19.9. The van der Waals surface area contributed by atoms with Crippen molar-refractivity contribution in [2.24, 2.45) is 0 Å². The van der Waals surface area contributed by atoms with Crippen molar-refractivity contribution in [2.45, 2.75) is 38.8 Å². The Balaban J connectivity index is 1.59. The van der Waals surface area contributed by atoms with Gasteiger partial charge in [-0.2, -0.15) is 0 Å². The van der Waals surface area contributed by atoms with Crippen molar-refractivity contribution in [3.05, 3.63) is 89.1 Å². The highest BCUT2D eigenvalue weighted by Crippen LogP contribution is 2.36. The van der Waals surface area contributed by atoms with Crippen molar-refractivity contribution in [2.75, 3.05) is 5.32 Å². The van der Waals surface area contributed by atoms with Gasteiger partial charge >= 0.3 is 0 Å². The summed E-state index contributed by atoms with van der Waals surface area (Å²) >= 11 is 0. The Hall–Kier alpha value is -3.41. The number of carbonyl (C=O) groups is 2. The number of aryl methyl sites for hydroxylation is 1. The summed E-state index contributed by atoms with van der Waals surface area (Å²) in [5.41, 5.74) is 1.69. The molecule has 0 aliphatic heterocycles. The van der Waals surface area contributed by atoms with Gasteiger partial charge in [-0.1, -0.05) is 18.2 Å². The number of anilines is 1. The molecule has 1 fully saturated rings. The van der Waals surface area contributed by atoms with Gasteiger partial charge in [-0.3, -0.25) is 9.59 Å². The maximum atomic E-state index is 13.9. The zero-order valence-electron chi connectivity index (χ0n) is 16.9. The summed E-state index contributed by atoms with van der Waals surface area (Å²) in [6.45, 7) is 3.78. The molecule has 0 radical (unpaired) electrons. The van der Waals surface area contributed by atoms with Crippen LogP contribution in [0.1, 0.15) is 57.8 Å². The largest absolute Gasteiger partial charge is 0.467 e. The molecular weight excluding hydrogens is 383 g/mol. The Kier molecular flexibility index (Phi) is 5.40. The number of carbonyl (C=O) groups excluding carboxylic acids is 2. The third-order valence-electron chi connectivity index (χ3n) is 5.40. The Morgan fingerprint density at radius 2 is 1.90 bits per heavy atom. The first-order valence-electron chi connectivity index (χ1n) is 9.98. The fraction of sp³-hybridized carbons (Fsp3) is 0.250. The number of halogens is 1. The molecule has 6 heteroatoms. The van der Waals surface area contributed by atoms with Gasteiger partial charge in [0.05, 0.1) is 17.9 Å². The van der Waals surface area contributed by atoms with Crippen LogP contribution in [0, 0.1) is 12.7 Å². The molecule has 1 atom stereocenters. The summed E-state index contributed by atoms with van der Waals surface area (Å²) in [5.74, 6) is -0.533. The minimum absolute atomic E-state index is 0.0420. The highest BCUT2D eigenvalue weighted by atomic mass is 19.1. The lowest BCUT2D eigenvalue weighted by Gasteiger charge is -2.28. The fourth-order valence-corrected chi connectivity index (χ4v) is 3.55. The van der Waals surface area contributed by atoms with Crippen molar-refractivity contribution >= 4 is 17.5 Å². The topological polar surface area (TPSA) is 62.6 Å². The van der Waals surface area contributed by atoms with Crippen molar-refractivity contribution in [1.82, 2.24) is 4.90 Å². The summed E-state index contributed by atoms with van der Waals surface area (Å²) in [6, 6.07) is 14.6. The summed E-state index contributed by atoms with van der Waals surface area (Å²) in [5, 5.41) is 2.73. The van der Waals surface area contributed by atoms with Gasteiger partial charge in [0.1, 0.15) is 11.6 Å². The molecule has 2 aromatic carbocycles. The van der Waals surface area contributed by atoms with Crippen LogP contribution in [0.3, 0.4) is 0 Å². The molecule has 3 aromatic rings. The monoisotopic (exact) mass is 406 g/mol. The lowest BCUT2D eigenvalue weighted by molar-refractivity contribution is 0.0652. The molecule has 30 heavy (non-hydrogen) atoms. The van der Waals surface area contributed by atoms with Crippen LogP contribution in [0.25, 0.3) is 0 Å². The number of nitrogens with zero attached hydrogens (tertiary/aromatic N) is 1. The van der Waals surface area contributed by atoms with Crippen LogP contribution in [0.4, 0.5) is 10.1 Å². The predicted octanol–water partition coefficient (Wildman–Crippen LogP) is 5.35. The van der Waals surface area contributed by atoms with Gasteiger partial charge in [-0.15, -0.1) is 0 Å². The highest BCUT2D eigenvalue weighted by Gasteiger charge is 2.37. The van der Waals surface area contributed by atoms with Gasteiger partial charge in [0.15, 0.2) is 0 Å². The maximum absolute atomic E-state index is 13.9. The van der Waals surface area contributed by atoms with E-state index in [4.69, 9.17) is 4.42 Å². The van der Waals surface area contributed by atoms with E-state index in [0.29, 0.717) is 11.3 Å². The van der Waals surface area contributed by atoms with E-state index in [-0.39, 0.29) is 23.6 Å². The van der Waals surface area contributed by atoms with Crippen LogP contribution in [-0.4, -0.2) is 22.8 Å². The molecule has 1 aromatic heterocycles. The molecule has 154 valence electrons. The molecule has 1 unspecified atom stereocenters. The SMILES string of the molecule is Cc1ccc(C(=O)N(C2CC2)C(C)c2ccco2)cc1NC(=O)c1ccccc1F. The van der Waals surface area contributed by atoms with Crippen molar-refractivity contribution in [3.8, 4) is 0 Å². The van der Waals surface area contributed by atoms with Crippen LogP contribution in [0.5, 0.6) is 0 Å². The minimum atomic E-state index is -0.591. The average Bonchev–Trinajstić information content (AvgIpc) is 3.40. The van der Waals surface area contributed by atoms with E-state index in [0.717, 1.165) is 24.2 Å². The second-order valence-electron chi connectivity index (χ2n) is 7.60. The number of hydrogen-bond donors (Lipinski definition) is 1. The zero-order chi connectivity index (χ0) is 21.3. The lowest BCUT2D eigenvalue weighted by atomic mass is 10.1. The number of amides is 2. The fourth-order valence-electron chi connectivity index (χ4n) is 3.55. The third-order valence-corrected chi connectivity index (χ3v) is 5.40. The molecule has 1 saturated carbocycles. The van der Waals surface area contributed by atoms with E-state index in [9.17, 15) is 14.0 Å². The quantitative estimate of drug-likeness (QED) is 0.601. The Morgan fingerprint density at radius 3 is 2.57 bits per heavy atom. The molecule has 1 aliphatic rings. The van der Waals surface area contributed by atoms with Crippen LogP contribution in [0.2, 0.25) is 0 Å².